The third-order valence-corrected chi connectivity index (χ3v) is 5.33. The maximum absolute atomic E-state index is 12.1. The highest BCUT2D eigenvalue weighted by atomic mass is 32.2. The number of nitrogens with zero attached hydrogens (tertiary/aromatic N) is 2. The molecule has 2 aromatic rings. The third kappa shape index (κ3) is 4.00. The average molecular weight is 359 g/mol. The Labute approximate surface area is 147 Å². The lowest BCUT2D eigenvalue weighted by atomic mass is 10.0. The van der Waals surface area contributed by atoms with Gasteiger partial charge in [0.05, 0.1) is 12.3 Å². The van der Waals surface area contributed by atoms with Crippen molar-refractivity contribution in [1.82, 2.24) is 9.79 Å². The molecule has 25 heavy (non-hydrogen) atoms. The Morgan fingerprint density at radius 2 is 1.96 bits per heavy atom. The molecule has 132 valence electrons. The number of benzene rings is 2. The maximum Gasteiger partial charge on any atom is 0.233 e. The first-order chi connectivity index (χ1) is 12.0. The summed E-state index contributed by atoms with van der Waals surface area (Å²) in [6, 6.07) is 13.5. The van der Waals surface area contributed by atoms with Crippen molar-refractivity contribution in [2.75, 3.05) is 12.3 Å². The molecule has 0 aromatic heterocycles. The van der Waals surface area contributed by atoms with E-state index in [0.717, 1.165) is 27.8 Å². The van der Waals surface area contributed by atoms with Gasteiger partial charge < -0.3 is 0 Å². The second-order valence-electron chi connectivity index (χ2n) is 5.91. The molecule has 2 aromatic carbocycles. The van der Waals surface area contributed by atoms with Crippen LogP contribution in [0.15, 0.2) is 59.4 Å². The van der Waals surface area contributed by atoms with Crippen molar-refractivity contribution in [3.05, 3.63) is 59.9 Å². The lowest BCUT2D eigenvalue weighted by Crippen LogP contribution is -2.35. The molecule has 0 fully saturated rings. The monoisotopic (exact) mass is 359 g/mol. The van der Waals surface area contributed by atoms with Crippen molar-refractivity contribution in [3.8, 4) is 0 Å². The minimum atomic E-state index is -3.43. The fraction of sp³-hybridized carbons (Fsp3) is 0.278. The fourth-order valence-electron chi connectivity index (χ4n) is 2.71. The Kier molecular flexibility index (Phi) is 5.06. The van der Waals surface area contributed by atoms with Crippen molar-refractivity contribution in [2.45, 2.75) is 19.8 Å². The summed E-state index contributed by atoms with van der Waals surface area (Å²) in [4.78, 5) is 4.34. The largest absolute Gasteiger partial charge is 0.287 e. The SMILES string of the molecule is CCCCS(=O)(=O)NC1=CCN(O)C(c2cccc3ccccc23)=N1. The molecule has 0 aliphatic carbocycles. The van der Waals surface area contributed by atoms with E-state index < -0.39 is 10.0 Å². The minimum absolute atomic E-state index is 0.0583. The van der Waals surface area contributed by atoms with E-state index in [1.54, 1.807) is 6.08 Å². The lowest BCUT2D eigenvalue weighted by molar-refractivity contribution is -0.00385. The molecule has 2 N–H and O–H groups in total. The van der Waals surface area contributed by atoms with E-state index in [0.29, 0.717) is 12.3 Å². The van der Waals surface area contributed by atoms with Gasteiger partial charge in [-0.3, -0.25) is 9.93 Å². The molecule has 7 heteroatoms. The van der Waals surface area contributed by atoms with Crippen LogP contribution in [-0.4, -0.2) is 36.8 Å². The normalized spacial score (nSPS) is 15.0. The number of hydroxylamine groups is 2. The van der Waals surface area contributed by atoms with Crippen LogP contribution in [0.25, 0.3) is 10.8 Å². The number of hydrogen-bond donors (Lipinski definition) is 2. The summed E-state index contributed by atoms with van der Waals surface area (Å²) >= 11 is 0. The number of amidine groups is 1. The molecule has 3 rings (SSSR count). The van der Waals surface area contributed by atoms with Gasteiger partial charge >= 0.3 is 0 Å². The summed E-state index contributed by atoms with van der Waals surface area (Å²) in [5.41, 5.74) is 0.749. The maximum atomic E-state index is 12.1. The smallest absolute Gasteiger partial charge is 0.233 e. The lowest BCUT2D eigenvalue weighted by Gasteiger charge is -2.23. The molecule has 0 bridgehead atoms. The molecule has 0 amide bonds. The predicted molar refractivity (Wildman–Crippen MR) is 98.9 cm³/mol. The molecular formula is C18H21N3O3S. The molecule has 1 heterocycles. The van der Waals surface area contributed by atoms with Gasteiger partial charge in [0.15, 0.2) is 5.84 Å². The third-order valence-electron chi connectivity index (χ3n) is 3.99. The van der Waals surface area contributed by atoms with Crippen molar-refractivity contribution in [2.24, 2.45) is 4.99 Å². The molecular weight excluding hydrogens is 338 g/mol. The molecule has 6 nitrogen and oxygen atoms in total. The fourth-order valence-corrected chi connectivity index (χ4v) is 3.92. The van der Waals surface area contributed by atoms with Crippen LogP contribution in [0.4, 0.5) is 0 Å². The Morgan fingerprint density at radius 3 is 2.76 bits per heavy atom. The van der Waals surface area contributed by atoms with E-state index >= 15 is 0 Å². The van der Waals surface area contributed by atoms with E-state index in [1.807, 2.05) is 49.4 Å². The van der Waals surface area contributed by atoms with Crippen LogP contribution in [-0.2, 0) is 10.0 Å². The van der Waals surface area contributed by atoms with Crippen molar-refractivity contribution in [3.63, 3.8) is 0 Å². The van der Waals surface area contributed by atoms with Gasteiger partial charge in [-0.05, 0) is 23.3 Å². The number of fused-ring (bicyclic) bond motifs is 1. The van der Waals surface area contributed by atoms with Gasteiger partial charge in [-0.25, -0.2) is 18.5 Å². The molecule has 0 spiro atoms. The van der Waals surface area contributed by atoms with Gasteiger partial charge in [0, 0.05) is 5.56 Å². The first kappa shape index (κ1) is 17.4. The zero-order valence-corrected chi connectivity index (χ0v) is 14.8. The summed E-state index contributed by atoms with van der Waals surface area (Å²) in [5, 5.41) is 13.2. The summed E-state index contributed by atoms with van der Waals surface area (Å²) in [7, 11) is -3.43. The first-order valence-electron chi connectivity index (χ1n) is 8.24. The predicted octanol–water partition coefficient (Wildman–Crippen LogP) is 2.85. The van der Waals surface area contributed by atoms with E-state index in [4.69, 9.17) is 0 Å². The van der Waals surface area contributed by atoms with Crippen LogP contribution < -0.4 is 4.72 Å². The molecule has 0 unspecified atom stereocenters. The summed E-state index contributed by atoms with van der Waals surface area (Å²) in [6.45, 7) is 2.10. The summed E-state index contributed by atoms with van der Waals surface area (Å²) in [6.07, 6.45) is 2.95. The zero-order valence-electron chi connectivity index (χ0n) is 14.0. The van der Waals surface area contributed by atoms with Crippen molar-refractivity contribution < 1.29 is 13.6 Å². The van der Waals surface area contributed by atoms with E-state index in [-0.39, 0.29) is 18.1 Å². The highest BCUT2D eigenvalue weighted by Gasteiger charge is 2.20. The number of unbranched alkanes of at least 4 members (excludes halogenated alkanes) is 1. The molecule has 0 saturated carbocycles. The van der Waals surface area contributed by atoms with Crippen LogP contribution in [0.2, 0.25) is 0 Å². The second-order valence-corrected chi connectivity index (χ2v) is 7.75. The van der Waals surface area contributed by atoms with E-state index in [1.165, 1.54) is 0 Å². The standard InChI is InChI=1S/C18H21N3O3S/c1-2-3-13-25(23,24)20-17-11-12-21(22)18(19-17)16-10-6-8-14-7-4-5-9-15(14)16/h4-11,20,22H,2-3,12-13H2,1H3. The quantitative estimate of drug-likeness (QED) is 0.831. The Balaban J connectivity index is 1.95. The Bertz CT molecular complexity index is 930. The topological polar surface area (TPSA) is 82.0 Å². The Morgan fingerprint density at radius 1 is 1.20 bits per heavy atom. The first-order valence-corrected chi connectivity index (χ1v) is 9.89. The number of aliphatic imine (C=N–C) groups is 1. The van der Waals surface area contributed by atoms with Gasteiger partial charge in [0.1, 0.15) is 5.82 Å². The number of hydrogen-bond acceptors (Lipinski definition) is 5. The van der Waals surface area contributed by atoms with Gasteiger partial charge in [0.25, 0.3) is 0 Å². The van der Waals surface area contributed by atoms with Crippen LogP contribution in [0.1, 0.15) is 25.3 Å². The van der Waals surface area contributed by atoms with Gasteiger partial charge in [-0.2, -0.15) is 0 Å². The minimum Gasteiger partial charge on any atom is -0.287 e. The summed E-state index contributed by atoms with van der Waals surface area (Å²) < 4.78 is 26.7. The van der Waals surface area contributed by atoms with Crippen molar-refractivity contribution in [1.29, 1.82) is 0 Å². The molecule has 1 aliphatic rings. The average Bonchev–Trinajstić information content (AvgIpc) is 2.61. The van der Waals surface area contributed by atoms with Crippen LogP contribution in [0.3, 0.4) is 0 Å². The zero-order chi connectivity index (χ0) is 17.9. The number of rotatable bonds is 6. The van der Waals surface area contributed by atoms with Gasteiger partial charge in [0.2, 0.25) is 10.0 Å². The molecule has 0 saturated heterocycles. The molecule has 0 radical (unpaired) electrons. The number of sulfonamides is 1. The highest BCUT2D eigenvalue weighted by Crippen LogP contribution is 2.22. The van der Waals surface area contributed by atoms with Gasteiger partial charge in [-0.1, -0.05) is 55.8 Å². The van der Waals surface area contributed by atoms with Crippen LogP contribution >= 0.6 is 0 Å². The Hall–Kier alpha value is -2.38. The van der Waals surface area contributed by atoms with E-state index in [2.05, 4.69) is 9.71 Å². The van der Waals surface area contributed by atoms with Crippen LogP contribution in [0.5, 0.6) is 0 Å². The van der Waals surface area contributed by atoms with Gasteiger partial charge in [-0.15, -0.1) is 0 Å². The molecule has 1 aliphatic heterocycles. The second kappa shape index (κ2) is 7.25. The van der Waals surface area contributed by atoms with E-state index in [9.17, 15) is 13.6 Å². The summed E-state index contributed by atoms with van der Waals surface area (Å²) in [5.74, 6) is 0.625. The van der Waals surface area contributed by atoms with Crippen molar-refractivity contribution >= 4 is 26.6 Å². The molecule has 0 atom stereocenters. The highest BCUT2D eigenvalue weighted by molar-refractivity contribution is 7.89. The van der Waals surface area contributed by atoms with Crippen LogP contribution in [0, 0.1) is 0 Å². The number of nitrogens with one attached hydrogen (secondary N) is 1.